The number of amides is 1. The zero-order valence-corrected chi connectivity index (χ0v) is 17.9. The second kappa shape index (κ2) is 9.37. The van der Waals surface area contributed by atoms with Gasteiger partial charge in [0.15, 0.2) is 6.04 Å². The van der Waals surface area contributed by atoms with E-state index in [1.165, 1.54) is 30.6 Å². The van der Waals surface area contributed by atoms with Crippen molar-refractivity contribution in [1.82, 2.24) is 9.62 Å². The first-order valence-corrected chi connectivity index (χ1v) is 12.0. The molecule has 1 aromatic rings. The predicted octanol–water partition coefficient (Wildman–Crippen LogP) is 1.11. The number of nitrogens with one attached hydrogen (secondary N) is 2. The van der Waals surface area contributed by atoms with E-state index in [4.69, 9.17) is 0 Å². The molecule has 1 saturated carbocycles. The Bertz CT molecular complexity index is 748. The summed E-state index contributed by atoms with van der Waals surface area (Å²) < 4.78 is 27.2. The highest BCUT2D eigenvalue weighted by Crippen LogP contribution is 2.18. The molecule has 2 N–H and O–H groups in total. The molecule has 6 nitrogen and oxygen atoms in total. The number of hydrogen-bond donors (Lipinski definition) is 2. The Balaban J connectivity index is 1.53. The number of benzene rings is 1. The van der Waals surface area contributed by atoms with Gasteiger partial charge in [0.05, 0.1) is 31.1 Å². The third kappa shape index (κ3) is 5.13. The van der Waals surface area contributed by atoms with Crippen molar-refractivity contribution in [2.45, 2.75) is 69.4 Å². The van der Waals surface area contributed by atoms with Crippen molar-refractivity contribution < 1.29 is 18.1 Å². The van der Waals surface area contributed by atoms with Crippen LogP contribution in [-0.2, 0) is 14.8 Å². The first-order chi connectivity index (χ1) is 13.4. The fraction of sp³-hybridized carbons (Fsp3) is 0.667. The SMILES string of the molecule is Cc1ccc(S(=O)(=O)N2CC[NH+]([C@H](C)C(=O)NC3CCCCCC3)CC2)cc1. The minimum absolute atomic E-state index is 0.108. The fourth-order valence-electron chi connectivity index (χ4n) is 4.24. The van der Waals surface area contributed by atoms with Gasteiger partial charge in [0.2, 0.25) is 10.0 Å². The smallest absolute Gasteiger partial charge is 0.278 e. The molecule has 7 heteroatoms. The number of nitrogens with zero attached hydrogens (tertiary/aromatic N) is 1. The van der Waals surface area contributed by atoms with Crippen LogP contribution in [0.3, 0.4) is 0 Å². The largest absolute Gasteiger partial charge is 0.348 e. The Hall–Kier alpha value is -1.44. The number of carbonyl (C=O) groups excluding carboxylic acids is 1. The van der Waals surface area contributed by atoms with Gasteiger partial charge in [0, 0.05) is 6.04 Å². The van der Waals surface area contributed by atoms with E-state index < -0.39 is 10.0 Å². The molecule has 0 aromatic heterocycles. The lowest BCUT2D eigenvalue weighted by atomic mass is 10.1. The van der Waals surface area contributed by atoms with Crippen molar-refractivity contribution in [2.75, 3.05) is 26.2 Å². The average Bonchev–Trinajstić information content (AvgIpc) is 2.96. The van der Waals surface area contributed by atoms with E-state index in [0.717, 1.165) is 18.4 Å². The van der Waals surface area contributed by atoms with Crippen molar-refractivity contribution in [3.8, 4) is 0 Å². The lowest BCUT2D eigenvalue weighted by Crippen LogP contribution is -3.19. The maximum atomic E-state index is 12.8. The number of rotatable bonds is 5. The Morgan fingerprint density at radius 3 is 2.21 bits per heavy atom. The summed E-state index contributed by atoms with van der Waals surface area (Å²) in [6, 6.07) is 7.16. The van der Waals surface area contributed by atoms with Gasteiger partial charge in [0.25, 0.3) is 5.91 Å². The number of hydrogen-bond acceptors (Lipinski definition) is 3. The molecule has 0 radical (unpaired) electrons. The monoisotopic (exact) mass is 408 g/mol. The second-order valence-electron chi connectivity index (χ2n) is 8.29. The fourth-order valence-corrected chi connectivity index (χ4v) is 5.68. The summed E-state index contributed by atoms with van der Waals surface area (Å²) in [5, 5.41) is 3.24. The van der Waals surface area contributed by atoms with Crippen molar-refractivity contribution in [3.05, 3.63) is 29.8 Å². The van der Waals surface area contributed by atoms with E-state index in [2.05, 4.69) is 5.32 Å². The normalized spacial score (nSPS) is 21.8. The minimum atomic E-state index is -3.46. The van der Waals surface area contributed by atoms with E-state index in [0.29, 0.717) is 37.1 Å². The van der Waals surface area contributed by atoms with Gasteiger partial charge in [-0.25, -0.2) is 8.42 Å². The van der Waals surface area contributed by atoms with Gasteiger partial charge in [-0.2, -0.15) is 4.31 Å². The number of piperazine rings is 1. The predicted molar refractivity (Wildman–Crippen MR) is 110 cm³/mol. The maximum Gasteiger partial charge on any atom is 0.278 e. The second-order valence-corrected chi connectivity index (χ2v) is 10.2. The van der Waals surface area contributed by atoms with Crippen LogP contribution in [0.15, 0.2) is 29.2 Å². The zero-order valence-electron chi connectivity index (χ0n) is 17.1. The van der Waals surface area contributed by atoms with Crippen molar-refractivity contribution in [1.29, 1.82) is 0 Å². The third-order valence-corrected chi connectivity index (χ3v) is 8.14. The quantitative estimate of drug-likeness (QED) is 0.717. The van der Waals surface area contributed by atoms with Crippen molar-refractivity contribution in [2.24, 2.45) is 0 Å². The molecule has 2 aliphatic rings. The van der Waals surface area contributed by atoms with Crippen LogP contribution >= 0.6 is 0 Å². The van der Waals surface area contributed by atoms with Crippen LogP contribution in [0.25, 0.3) is 0 Å². The molecule has 2 fully saturated rings. The van der Waals surface area contributed by atoms with Crippen LogP contribution in [0.4, 0.5) is 0 Å². The Labute approximate surface area is 169 Å². The van der Waals surface area contributed by atoms with Crippen LogP contribution in [0.5, 0.6) is 0 Å². The Morgan fingerprint density at radius 1 is 1.07 bits per heavy atom. The Morgan fingerprint density at radius 2 is 1.64 bits per heavy atom. The first-order valence-electron chi connectivity index (χ1n) is 10.6. The van der Waals surface area contributed by atoms with Gasteiger partial charge >= 0.3 is 0 Å². The van der Waals surface area contributed by atoms with Gasteiger partial charge in [-0.05, 0) is 38.8 Å². The number of sulfonamides is 1. The molecule has 1 aromatic carbocycles. The maximum absolute atomic E-state index is 12.8. The number of quaternary nitrogens is 1. The molecule has 3 rings (SSSR count). The number of aryl methyl sites for hydroxylation is 1. The van der Waals surface area contributed by atoms with E-state index in [-0.39, 0.29) is 11.9 Å². The van der Waals surface area contributed by atoms with E-state index in [1.54, 1.807) is 16.4 Å². The van der Waals surface area contributed by atoms with Gasteiger partial charge in [-0.1, -0.05) is 43.4 Å². The van der Waals surface area contributed by atoms with Crippen molar-refractivity contribution in [3.63, 3.8) is 0 Å². The van der Waals surface area contributed by atoms with Crippen LogP contribution in [0.2, 0.25) is 0 Å². The van der Waals surface area contributed by atoms with Gasteiger partial charge in [0.1, 0.15) is 0 Å². The molecule has 1 saturated heterocycles. The molecule has 28 heavy (non-hydrogen) atoms. The topological polar surface area (TPSA) is 70.9 Å². The van der Waals surface area contributed by atoms with Gasteiger partial charge in [-0.3, -0.25) is 4.79 Å². The van der Waals surface area contributed by atoms with Crippen LogP contribution in [0, 0.1) is 6.92 Å². The summed E-state index contributed by atoms with van der Waals surface area (Å²) in [6.07, 6.45) is 7.09. The minimum Gasteiger partial charge on any atom is -0.348 e. The third-order valence-electron chi connectivity index (χ3n) is 6.23. The lowest BCUT2D eigenvalue weighted by Gasteiger charge is -2.34. The molecule has 0 unspecified atom stereocenters. The van der Waals surface area contributed by atoms with E-state index in [9.17, 15) is 13.2 Å². The zero-order chi connectivity index (χ0) is 20.1. The molecule has 1 aliphatic carbocycles. The summed E-state index contributed by atoms with van der Waals surface area (Å²) >= 11 is 0. The van der Waals surface area contributed by atoms with Crippen LogP contribution < -0.4 is 10.2 Å². The number of carbonyl (C=O) groups is 1. The molecule has 1 aliphatic heterocycles. The van der Waals surface area contributed by atoms with Gasteiger partial charge in [-0.15, -0.1) is 0 Å². The molecule has 1 amide bonds. The van der Waals surface area contributed by atoms with Gasteiger partial charge < -0.3 is 10.2 Å². The summed E-state index contributed by atoms with van der Waals surface area (Å²) in [5.41, 5.74) is 1.04. The highest BCUT2D eigenvalue weighted by Gasteiger charge is 2.34. The molecule has 0 bridgehead atoms. The average molecular weight is 409 g/mol. The molecular weight excluding hydrogens is 374 g/mol. The molecule has 1 atom stereocenters. The summed E-state index contributed by atoms with van der Waals surface area (Å²) in [5.74, 6) is 0.108. The highest BCUT2D eigenvalue weighted by molar-refractivity contribution is 7.89. The molecular formula is C21H34N3O3S+. The van der Waals surface area contributed by atoms with Crippen molar-refractivity contribution >= 4 is 15.9 Å². The van der Waals surface area contributed by atoms with Crippen LogP contribution in [0.1, 0.15) is 51.0 Å². The van der Waals surface area contributed by atoms with E-state index in [1.807, 2.05) is 26.0 Å². The lowest BCUT2D eigenvalue weighted by molar-refractivity contribution is -0.917. The summed E-state index contributed by atoms with van der Waals surface area (Å²) in [4.78, 5) is 14.2. The Kier molecular flexibility index (Phi) is 7.12. The first kappa shape index (κ1) is 21.3. The molecule has 156 valence electrons. The van der Waals surface area contributed by atoms with Crippen LogP contribution in [-0.4, -0.2) is 56.9 Å². The summed E-state index contributed by atoms with van der Waals surface area (Å²) in [7, 11) is -3.46. The van der Waals surface area contributed by atoms with E-state index >= 15 is 0 Å². The highest BCUT2D eigenvalue weighted by atomic mass is 32.2. The molecule has 0 spiro atoms. The molecule has 1 heterocycles. The standard InChI is InChI=1S/C21H33N3O3S/c1-17-9-11-20(12-10-17)28(26,27)24-15-13-23(14-16-24)18(2)21(25)22-19-7-5-3-4-6-8-19/h9-12,18-19H,3-8,13-16H2,1-2H3,(H,22,25)/p+1/t18-/m1/s1. The summed E-state index contributed by atoms with van der Waals surface area (Å²) in [6.45, 7) is 6.12.